The molecule has 2 aromatic carbocycles. The molecule has 0 radical (unpaired) electrons. The number of hydrogen-bond acceptors (Lipinski definition) is 7. The number of aliphatic hydroxyl groups excluding tert-OH is 1. The number of hydrogen-bond donors (Lipinski definition) is 3. The van der Waals surface area contributed by atoms with Gasteiger partial charge in [-0.25, -0.2) is 9.97 Å². The van der Waals surface area contributed by atoms with Gasteiger partial charge in [-0.2, -0.15) is 0 Å². The summed E-state index contributed by atoms with van der Waals surface area (Å²) in [5.74, 6) is 1.82. The van der Waals surface area contributed by atoms with Crippen LogP contribution >= 0.6 is 0 Å². The number of fused-ring (bicyclic) bond motifs is 1. The Morgan fingerprint density at radius 3 is 2.76 bits per heavy atom. The minimum absolute atomic E-state index is 0.0887. The smallest absolute Gasteiger partial charge is 0.163 e. The summed E-state index contributed by atoms with van der Waals surface area (Å²) in [6.07, 6.45) is 1.45. The quantitative estimate of drug-likeness (QED) is 0.634. The summed E-state index contributed by atoms with van der Waals surface area (Å²) >= 11 is 0. The van der Waals surface area contributed by atoms with Gasteiger partial charge in [0.05, 0.1) is 19.2 Å². The largest absolute Gasteiger partial charge is 0.508 e. The number of nitrogens with one attached hydrogen (secondary N) is 1. The summed E-state index contributed by atoms with van der Waals surface area (Å²) in [5, 5.41) is 22.8. The van der Waals surface area contributed by atoms with Gasteiger partial charge in [0.25, 0.3) is 0 Å². The first-order chi connectivity index (χ1) is 12.1. The second-order valence-electron chi connectivity index (χ2n) is 5.39. The normalized spacial score (nSPS) is 10.7. The molecule has 130 valence electrons. The molecule has 1 aromatic heterocycles. The summed E-state index contributed by atoms with van der Waals surface area (Å²) in [7, 11) is 1.54. The van der Waals surface area contributed by atoms with Crippen molar-refractivity contribution in [3.05, 3.63) is 42.2 Å². The summed E-state index contributed by atoms with van der Waals surface area (Å²) < 4.78 is 10.9. The van der Waals surface area contributed by atoms with Gasteiger partial charge in [0.15, 0.2) is 11.5 Å². The Labute approximate surface area is 144 Å². The molecule has 3 N–H and O–H groups in total. The Morgan fingerprint density at radius 1 is 1.16 bits per heavy atom. The van der Waals surface area contributed by atoms with Crippen LogP contribution in [0.25, 0.3) is 10.9 Å². The molecule has 0 spiro atoms. The minimum Gasteiger partial charge on any atom is -0.508 e. The number of aromatic hydroxyl groups is 1. The third-order valence-electron chi connectivity index (χ3n) is 3.83. The average molecular weight is 341 g/mol. The highest BCUT2D eigenvalue weighted by atomic mass is 16.5. The van der Waals surface area contributed by atoms with E-state index < -0.39 is 0 Å². The van der Waals surface area contributed by atoms with E-state index >= 15 is 0 Å². The molecule has 0 unspecified atom stereocenters. The Hall–Kier alpha value is -3.06. The van der Waals surface area contributed by atoms with Crippen LogP contribution in [0.2, 0.25) is 0 Å². The van der Waals surface area contributed by atoms with E-state index in [9.17, 15) is 5.11 Å². The molecule has 7 heteroatoms. The standard InChI is InChI=1S/C18H19N3O4/c1-11-13(4-3-5-15(11)23)21-18-12-8-16(24-2)17(25-7-6-22)9-14(12)19-10-20-18/h3-5,8-10,22-23H,6-7H2,1-2H3,(H,19,20,21). The zero-order chi connectivity index (χ0) is 17.8. The lowest BCUT2D eigenvalue weighted by molar-refractivity contribution is 0.196. The average Bonchev–Trinajstić information content (AvgIpc) is 2.63. The van der Waals surface area contributed by atoms with Crippen LogP contribution in [0.3, 0.4) is 0 Å². The molecule has 0 atom stereocenters. The molecule has 0 bridgehead atoms. The molecule has 3 rings (SSSR count). The second-order valence-corrected chi connectivity index (χ2v) is 5.39. The van der Waals surface area contributed by atoms with E-state index in [2.05, 4.69) is 15.3 Å². The maximum absolute atomic E-state index is 9.86. The van der Waals surface area contributed by atoms with Crippen LogP contribution in [-0.4, -0.2) is 40.5 Å². The highest BCUT2D eigenvalue weighted by Crippen LogP contribution is 2.35. The van der Waals surface area contributed by atoms with Crippen LogP contribution < -0.4 is 14.8 Å². The van der Waals surface area contributed by atoms with E-state index in [1.165, 1.54) is 6.33 Å². The molecule has 3 aromatic rings. The van der Waals surface area contributed by atoms with Crippen molar-refractivity contribution in [3.63, 3.8) is 0 Å². The molecular formula is C18H19N3O4. The molecule has 0 aliphatic carbocycles. The van der Waals surface area contributed by atoms with Crippen molar-refractivity contribution in [2.45, 2.75) is 6.92 Å². The van der Waals surface area contributed by atoms with E-state index in [0.29, 0.717) is 22.8 Å². The SMILES string of the molecule is COc1cc2c(Nc3cccc(O)c3C)ncnc2cc1OCCO. The first kappa shape index (κ1) is 16.8. The van der Waals surface area contributed by atoms with Gasteiger partial charge in [-0.05, 0) is 25.1 Å². The van der Waals surface area contributed by atoms with E-state index in [0.717, 1.165) is 16.6 Å². The van der Waals surface area contributed by atoms with E-state index in [1.807, 2.05) is 13.0 Å². The lowest BCUT2D eigenvalue weighted by atomic mass is 10.1. The first-order valence-corrected chi connectivity index (χ1v) is 7.76. The summed E-state index contributed by atoms with van der Waals surface area (Å²) in [5.41, 5.74) is 2.15. The van der Waals surface area contributed by atoms with Crippen molar-refractivity contribution in [3.8, 4) is 17.2 Å². The molecule has 25 heavy (non-hydrogen) atoms. The fourth-order valence-corrected chi connectivity index (χ4v) is 2.48. The maximum atomic E-state index is 9.86. The first-order valence-electron chi connectivity index (χ1n) is 7.76. The highest BCUT2D eigenvalue weighted by Gasteiger charge is 2.13. The van der Waals surface area contributed by atoms with Crippen molar-refractivity contribution < 1.29 is 19.7 Å². The maximum Gasteiger partial charge on any atom is 0.163 e. The number of phenols is 1. The van der Waals surface area contributed by atoms with Crippen LogP contribution in [0.4, 0.5) is 11.5 Å². The van der Waals surface area contributed by atoms with Gasteiger partial charge in [0.2, 0.25) is 0 Å². The predicted molar refractivity (Wildman–Crippen MR) is 94.8 cm³/mol. The summed E-state index contributed by atoms with van der Waals surface area (Å²) in [6, 6.07) is 8.77. The van der Waals surface area contributed by atoms with Crippen LogP contribution in [0.15, 0.2) is 36.7 Å². The van der Waals surface area contributed by atoms with Crippen molar-refractivity contribution in [1.29, 1.82) is 0 Å². The van der Waals surface area contributed by atoms with Gasteiger partial charge in [-0.3, -0.25) is 0 Å². The van der Waals surface area contributed by atoms with Gasteiger partial charge in [0.1, 0.15) is 24.5 Å². The van der Waals surface area contributed by atoms with Gasteiger partial charge >= 0.3 is 0 Å². The molecule has 0 aliphatic heterocycles. The second kappa shape index (κ2) is 7.23. The van der Waals surface area contributed by atoms with E-state index in [-0.39, 0.29) is 19.0 Å². The lowest BCUT2D eigenvalue weighted by Crippen LogP contribution is -2.04. The monoisotopic (exact) mass is 341 g/mol. The third kappa shape index (κ3) is 3.41. The zero-order valence-electron chi connectivity index (χ0n) is 14.0. The molecule has 0 fully saturated rings. The Balaban J connectivity index is 2.05. The van der Waals surface area contributed by atoms with Crippen LogP contribution in [0.1, 0.15) is 5.56 Å². The number of aromatic nitrogens is 2. The summed E-state index contributed by atoms with van der Waals surface area (Å²) in [6.45, 7) is 1.90. The number of anilines is 2. The molecule has 0 saturated heterocycles. The number of benzene rings is 2. The van der Waals surface area contributed by atoms with E-state index in [1.54, 1.807) is 31.4 Å². The predicted octanol–water partition coefficient (Wildman–Crippen LogP) is 2.77. The van der Waals surface area contributed by atoms with Crippen molar-refractivity contribution in [1.82, 2.24) is 9.97 Å². The number of methoxy groups -OCH3 is 1. The zero-order valence-corrected chi connectivity index (χ0v) is 14.0. The Bertz CT molecular complexity index is 899. The van der Waals surface area contributed by atoms with Crippen molar-refractivity contribution >= 4 is 22.4 Å². The topological polar surface area (TPSA) is 96.7 Å². The van der Waals surface area contributed by atoms with Gasteiger partial charge in [-0.15, -0.1) is 0 Å². The van der Waals surface area contributed by atoms with Crippen molar-refractivity contribution in [2.75, 3.05) is 25.6 Å². The molecule has 0 amide bonds. The van der Waals surface area contributed by atoms with E-state index in [4.69, 9.17) is 14.6 Å². The fraction of sp³-hybridized carbons (Fsp3) is 0.222. The van der Waals surface area contributed by atoms with Crippen LogP contribution in [0.5, 0.6) is 17.2 Å². The van der Waals surface area contributed by atoms with Gasteiger partial charge < -0.3 is 25.0 Å². The van der Waals surface area contributed by atoms with Crippen LogP contribution in [-0.2, 0) is 0 Å². The van der Waals surface area contributed by atoms with Gasteiger partial charge in [0, 0.05) is 22.7 Å². The van der Waals surface area contributed by atoms with Crippen molar-refractivity contribution in [2.24, 2.45) is 0 Å². The molecule has 0 saturated carbocycles. The fourth-order valence-electron chi connectivity index (χ4n) is 2.48. The highest BCUT2D eigenvalue weighted by molar-refractivity contribution is 5.93. The summed E-state index contributed by atoms with van der Waals surface area (Å²) in [4.78, 5) is 8.57. The Morgan fingerprint density at radius 2 is 2.00 bits per heavy atom. The lowest BCUT2D eigenvalue weighted by Gasteiger charge is -2.14. The number of aliphatic hydroxyl groups is 1. The van der Waals surface area contributed by atoms with Crippen LogP contribution in [0, 0.1) is 6.92 Å². The molecular weight excluding hydrogens is 322 g/mol. The molecule has 7 nitrogen and oxygen atoms in total. The number of ether oxygens (including phenoxy) is 2. The minimum atomic E-state index is -0.0887. The van der Waals surface area contributed by atoms with Gasteiger partial charge in [-0.1, -0.05) is 6.07 Å². The molecule has 1 heterocycles. The third-order valence-corrected chi connectivity index (χ3v) is 3.83. The number of phenolic OH excluding ortho intramolecular Hbond substituents is 1. The molecule has 0 aliphatic rings. The Kier molecular flexibility index (Phi) is 4.85. The number of rotatable bonds is 6. The number of nitrogens with zero attached hydrogens (tertiary/aromatic N) is 2.